The zero-order valence-electron chi connectivity index (χ0n) is 16.7. The monoisotopic (exact) mass is 365 g/mol. The van der Waals surface area contributed by atoms with Crippen molar-refractivity contribution in [2.24, 2.45) is 0 Å². The number of rotatable bonds is 6. The molecule has 1 amide bonds. The predicted octanol–water partition coefficient (Wildman–Crippen LogP) is 3.50. The molecule has 0 radical (unpaired) electrons. The van der Waals surface area contributed by atoms with Gasteiger partial charge in [-0.05, 0) is 43.7 Å². The molecular weight excluding hydrogens is 334 g/mol. The summed E-state index contributed by atoms with van der Waals surface area (Å²) in [4.78, 5) is 17.7. The Morgan fingerprint density at radius 1 is 0.963 bits per heavy atom. The lowest BCUT2D eigenvalue weighted by Gasteiger charge is -2.44. The molecule has 1 aliphatic heterocycles. The molecule has 1 heterocycles. The maximum Gasteiger partial charge on any atom is 0.251 e. The molecule has 1 fully saturated rings. The van der Waals surface area contributed by atoms with Crippen LogP contribution in [-0.4, -0.2) is 60.5 Å². The number of amides is 1. The number of hydrogen-bond donors (Lipinski definition) is 1. The van der Waals surface area contributed by atoms with E-state index in [0.29, 0.717) is 12.1 Å². The van der Waals surface area contributed by atoms with Crippen molar-refractivity contribution in [2.75, 3.05) is 39.3 Å². The zero-order chi connectivity index (χ0) is 19.3. The summed E-state index contributed by atoms with van der Waals surface area (Å²) < 4.78 is 0. The highest BCUT2D eigenvalue weighted by atomic mass is 16.1. The van der Waals surface area contributed by atoms with E-state index in [9.17, 15) is 4.79 Å². The van der Waals surface area contributed by atoms with Crippen molar-refractivity contribution >= 4 is 5.91 Å². The van der Waals surface area contributed by atoms with Crippen molar-refractivity contribution in [3.63, 3.8) is 0 Å². The third-order valence-electron chi connectivity index (χ3n) is 5.59. The van der Waals surface area contributed by atoms with Crippen LogP contribution in [0.25, 0.3) is 11.1 Å². The summed E-state index contributed by atoms with van der Waals surface area (Å²) in [5.41, 5.74) is 2.86. The second kappa shape index (κ2) is 8.68. The number of hydrogen-bond acceptors (Lipinski definition) is 3. The van der Waals surface area contributed by atoms with Gasteiger partial charge in [0.2, 0.25) is 0 Å². The highest BCUT2D eigenvalue weighted by molar-refractivity contribution is 5.95. The molecule has 3 rings (SSSR count). The van der Waals surface area contributed by atoms with Crippen molar-refractivity contribution in [3.05, 3.63) is 60.2 Å². The first-order valence-corrected chi connectivity index (χ1v) is 9.91. The summed E-state index contributed by atoms with van der Waals surface area (Å²) >= 11 is 0. The average molecular weight is 366 g/mol. The largest absolute Gasteiger partial charge is 0.350 e. The van der Waals surface area contributed by atoms with Crippen molar-refractivity contribution in [2.45, 2.75) is 26.3 Å². The first-order valence-electron chi connectivity index (χ1n) is 9.91. The van der Waals surface area contributed by atoms with Crippen LogP contribution in [0.5, 0.6) is 0 Å². The smallest absolute Gasteiger partial charge is 0.251 e. The Hall–Kier alpha value is -2.17. The van der Waals surface area contributed by atoms with Crippen LogP contribution in [0.2, 0.25) is 0 Å². The molecule has 0 saturated carbocycles. The number of nitrogens with one attached hydrogen (secondary N) is 1. The van der Waals surface area contributed by atoms with Gasteiger partial charge in [-0.15, -0.1) is 0 Å². The lowest BCUT2D eigenvalue weighted by Crippen LogP contribution is -2.58. The van der Waals surface area contributed by atoms with E-state index >= 15 is 0 Å². The molecular formula is C23H31N3O. The van der Waals surface area contributed by atoms with Crippen LogP contribution >= 0.6 is 0 Å². The Bertz CT molecular complexity index is 749. The molecule has 2 aromatic carbocycles. The van der Waals surface area contributed by atoms with Crippen LogP contribution in [0.1, 0.15) is 31.1 Å². The Kier molecular flexibility index (Phi) is 6.30. The average Bonchev–Trinajstić information content (AvgIpc) is 2.73. The molecule has 4 nitrogen and oxygen atoms in total. The number of piperazine rings is 1. The normalized spacial score (nSPS) is 16.3. The minimum absolute atomic E-state index is 0.00643. The van der Waals surface area contributed by atoms with Crippen LogP contribution in [-0.2, 0) is 0 Å². The van der Waals surface area contributed by atoms with Gasteiger partial charge in [0, 0.05) is 43.8 Å². The van der Waals surface area contributed by atoms with Crippen LogP contribution in [0, 0.1) is 0 Å². The molecule has 144 valence electrons. The van der Waals surface area contributed by atoms with Gasteiger partial charge in [0.25, 0.3) is 5.91 Å². The highest BCUT2D eigenvalue weighted by Gasteiger charge is 2.30. The number of nitrogens with zero attached hydrogens (tertiary/aromatic N) is 2. The van der Waals surface area contributed by atoms with Crippen LogP contribution in [0.4, 0.5) is 0 Å². The predicted molar refractivity (Wildman–Crippen MR) is 112 cm³/mol. The van der Waals surface area contributed by atoms with Crippen molar-refractivity contribution in [3.8, 4) is 11.1 Å². The Labute approximate surface area is 163 Å². The number of carbonyl (C=O) groups is 1. The Morgan fingerprint density at radius 3 is 2.30 bits per heavy atom. The van der Waals surface area contributed by atoms with Gasteiger partial charge in [-0.2, -0.15) is 0 Å². The standard InChI is InChI=1S/C23H31N3O/c1-4-25-13-15-26(16-14-25)23(2,3)18-24-22(27)21-12-8-11-20(17-21)19-9-6-5-7-10-19/h5-12,17H,4,13-16,18H2,1-3H3,(H,24,27). The molecule has 4 heteroatoms. The summed E-state index contributed by atoms with van der Waals surface area (Å²) in [6.45, 7) is 12.7. The van der Waals surface area contributed by atoms with Gasteiger partial charge in [-0.3, -0.25) is 9.69 Å². The Balaban J connectivity index is 1.61. The van der Waals surface area contributed by atoms with Gasteiger partial charge in [0.15, 0.2) is 0 Å². The number of benzene rings is 2. The lowest BCUT2D eigenvalue weighted by atomic mass is 10.0. The van der Waals surface area contributed by atoms with E-state index in [1.54, 1.807) is 0 Å². The van der Waals surface area contributed by atoms with E-state index in [-0.39, 0.29) is 11.4 Å². The van der Waals surface area contributed by atoms with E-state index in [4.69, 9.17) is 0 Å². The third kappa shape index (κ3) is 4.96. The van der Waals surface area contributed by atoms with Gasteiger partial charge in [-0.25, -0.2) is 0 Å². The molecule has 0 unspecified atom stereocenters. The van der Waals surface area contributed by atoms with Gasteiger partial charge in [0.1, 0.15) is 0 Å². The summed E-state index contributed by atoms with van der Waals surface area (Å²) in [6.07, 6.45) is 0. The first-order chi connectivity index (χ1) is 13.0. The van der Waals surface area contributed by atoms with Crippen LogP contribution in [0.15, 0.2) is 54.6 Å². The lowest BCUT2D eigenvalue weighted by molar-refractivity contribution is 0.0521. The minimum Gasteiger partial charge on any atom is -0.350 e. The fourth-order valence-corrected chi connectivity index (χ4v) is 3.65. The molecule has 0 spiro atoms. The summed E-state index contributed by atoms with van der Waals surface area (Å²) in [6, 6.07) is 18.0. The first kappa shape index (κ1) is 19.6. The molecule has 1 saturated heterocycles. The third-order valence-corrected chi connectivity index (χ3v) is 5.59. The number of carbonyl (C=O) groups excluding carboxylic acids is 1. The van der Waals surface area contributed by atoms with Crippen LogP contribution in [0.3, 0.4) is 0 Å². The fraction of sp³-hybridized carbons (Fsp3) is 0.435. The minimum atomic E-state index is -0.0491. The number of likely N-dealkylation sites (N-methyl/N-ethyl adjacent to an activating group) is 1. The van der Waals surface area contributed by atoms with E-state index in [1.807, 2.05) is 42.5 Å². The van der Waals surface area contributed by atoms with E-state index in [1.165, 1.54) is 0 Å². The van der Waals surface area contributed by atoms with Gasteiger partial charge in [0.05, 0.1) is 0 Å². The molecule has 0 bridgehead atoms. The second-order valence-electron chi connectivity index (χ2n) is 7.86. The van der Waals surface area contributed by atoms with E-state index < -0.39 is 0 Å². The fourth-order valence-electron chi connectivity index (χ4n) is 3.65. The maximum absolute atomic E-state index is 12.7. The van der Waals surface area contributed by atoms with E-state index in [0.717, 1.165) is 43.9 Å². The summed E-state index contributed by atoms with van der Waals surface area (Å²) in [5, 5.41) is 3.15. The van der Waals surface area contributed by atoms with Crippen molar-refractivity contribution in [1.82, 2.24) is 15.1 Å². The molecule has 27 heavy (non-hydrogen) atoms. The second-order valence-corrected chi connectivity index (χ2v) is 7.86. The van der Waals surface area contributed by atoms with Gasteiger partial charge >= 0.3 is 0 Å². The highest BCUT2D eigenvalue weighted by Crippen LogP contribution is 2.20. The zero-order valence-corrected chi connectivity index (χ0v) is 16.7. The SMILES string of the molecule is CCN1CCN(C(C)(C)CNC(=O)c2cccc(-c3ccccc3)c2)CC1. The molecule has 1 N–H and O–H groups in total. The van der Waals surface area contributed by atoms with Crippen molar-refractivity contribution < 1.29 is 4.79 Å². The van der Waals surface area contributed by atoms with Crippen molar-refractivity contribution in [1.29, 1.82) is 0 Å². The molecule has 1 aliphatic rings. The van der Waals surface area contributed by atoms with Gasteiger partial charge in [-0.1, -0.05) is 49.4 Å². The van der Waals surface area contributed by atoms with Gasteiger partial charge < -0.3 is 10.2 Å². The molecule has 2 aromatic rings. The molecule has 0 aromatic heterocycles. The summed E-state index contributed by atoms with van der Waals surface area (Å²) in [5.74, 6) is -0.00643. The molecule has 0 aliphatic carbocycles. The molecule has 0 atom stereocenters. The van der Waals surface area contributed by atoms with E-state index in [2.05, 4.69) is 48.0 Å². The summed E-state index contributed by atoms with van der Waals surface area (Å²) in [7, 11) is 0. The topological polar surface area (TPSA) is 35.6 Å². The Morgan fingerprint density at radius 2 is 1.63 bits per heavy atom. The maximum atomic E-state index is 12.7. The quantitative estimate of drug-likeness (QED) is 0.851. The van der Waals surface area contributed by atoms with Crippen LogP contribution < -0.4 is 5.32 Å².